The molecule has 8 nitrogen and oxygen atoms in total. The summed E-state index contributed by atoms with van der Waals surface area (Å²) in [5.41, 5.74) is 7.31. The van der Waals surface area contributed by atoms with Gasteiger partial charge >= 0.3 is 6.03 Å². The van der Waals surface area contributed by atoms with E-state index in [0.29, 0.717) is 12.3 Å². The van der Waals surface area contributed by atoms with Gasteiger partial charge in [-0.1, -0.05) is 35.5 Å². The number of pyridine rings is 1. The van der Waals surface area contributed by atoms with E-state index in [1.165, 1.54) is 25.0 Å². The highest BCUT2D eigenvalue weighted by molar-refractivity contribution is 7.99. The zero-order valence-electron chi connectivity index (χ0n) is 26.1. The van der Waals surface area contributed by atoms with Gasteiger partial charge in [-0.05, 0) is 73.8 Å². The second-order valence-corrected chi connectivity index (χ2v) is 13.1. The van der Waals surface area contributed by atoms with Crippen LogP contribution >= 0.6 is 11.8 Å². The lowest BCUT2D eigenvalue weighted by Gasteiger charge is -2.13. The van der Waals surface area contributed by atoms with Gasteiger partial charge < -0.3 is 19.2 Å². The fraction of sp³-hybridized carbons (Fsp3) is 0.306. The number of thioether (sulfide) groups is 1. The second kappa shape index (κ2) is 13.1. The largest absolute Gasteiger partial charge is 0.395 e. The Bertz CT molecular complexity index is 1880. The van der Waals surface area contributed by atoms with Crippen molar-refractivity contribution in [1.29, 1.82) is 0 Å². The smallest absolute Gasteiger partial charge is 0.328 e. The lowest BCUT2D eigenvalue weighted by molar-refractivity contribution is 0.132. The molecule has 0 saturated carbocycles. The highest BCUT2D eigenvalue weighted by Gasteiger charge is 2.30. The summed E-state index contributed by atoms with van der Waals surface area (Å²) in [5, 5.41) is 5.82. The topological polar surface area (TPSA) is 67.9 Å². The third kappa shape index (κ3) is 5.94. The Labute approximate surface area is 272 Å². The van der Waals surface area contributed by atoms with Gasteiger partial charge in [0.1, 0.15) is 23.5 Å². The third-order valence-electron chi connectivity index (χ3n) is 8.77. The number of hydrogen-bond donors (Lipinski definition) is 0. The van der Waals surface area contributed by atoms with Gasteiger partial charge in [-0.3, -0.25) is 9.55 Å². The van der Waals surface area contributed by atoms with Crippen LogP contribution < -0.4 is 0 Å². The van der Waals surface area contributed by atoms with Gasteiger partial charge in [0.05, 0.1) is 5.52 Å². The van der Waals surface area contributed by atoms with Gasteiger partial charge in [-0.15, -0.1) is 11.8 Å². The molecule has 0 aliphatic carbocycles. The molecule has 0 radical (unpaired) electrons. The van der Waals surface area contributed by atoms with E-state index in [9.17, 15) is 9.18 Å². The highest BCUT2D eigenvalue weighted by atomic mass is 32.2. The van der Waals surface area contributed by atoms with Crippen LogP contribution in [-0.4, -0.2) is 76.0 Å². The van der Waals surface area contributed by atoms with Crippen LogP contribution in [0.1, 0.15) is 47.0 Å². The summed E-state index contributed by atoms with van der Waals surface area (Å²) in [6.07, 6.45) is 11.1. The average Bonchev–Trinajstić information content (AvgIpc) is 3.88. The maximum absolute atomic E-state index is 13.7. The normalized spacial score (nSPS) is 16.7. The van der Waals surface area contributed by atoms with E-state index < -0.39 is 0 Å². The predicted molar refractivity (Wildman–Crippen MR) is 182 cm³/mol. The zero-order valence-corrected chi connectivity index (χ0v) is 26.9. The molecule has 46 heavy (non-hydrogen) atoms. The minimum absolute atomic E-state index is 0.120. The Balaban J connectivity index is 1.30. The Morgan fingerprint density at radius 3 is 2.63 bits per heavy atom. The molecule has 3 aromatic heterocycles. The molecular formula is C36H37FN6O2S. The van der Waals surface area contributed by atoms with Gasteiger partial charge in [-0.2, -0.15) is 0 Å². The molecule has 1 fully saturated rings. The third-order valence-corrected chi connectivity index (χ3v) is 10.0. The van der Waals surface area contributed by atoms with Crippen LogP contribution in [-0.2, 0) is 10.6 Å². The van der Waals surface area contributed by atoms with Gasteiger partial charge in [-0.25, -0.2) is 9.18 Å². The quantitative estimate of drug-likeness (QED) is 0.0971. The van der Waals surface area contributed by atoms with Crippen LogP contribution in [0.5, 0.6) is 0 Å². The summed E-state index contributed by atoms with van der Waals surface area (Å²) in [7, 11) is 3.49. The number of amides is 1. The van der Waals surface area contributed by atoms with E-state index in [1.807, 2.05) is 48.4 Å². The number of oxime groups is 1. The second-order valence-electron chi connectivity index (χ2n) is 12.0. The number of halogens is 1. The molecule has 5 aromatic rings. The number of benzene rings is 2. The molecule has 5 heterocycles. The lowest BCUT2D eigenvalue weighted by atomic mass is 9.99. The van der Waals surface area contributed by atoms with Crippen LogP contribution in [0.4, 0.5) is 9.18 Å². The van der Waals surface area contributed by atoms with Crippen molar-refractivity contribution in [3.63, 3.8) is 0 Å². The van der Waals surface area contributed by atoms with Crippen molar-refractivity contribution in [2.24, 2.45) is 5.16 Å². The molecule has 2 aliphatic heterocycles. The maximum Gasteiger partial charge on any atom is 0.328 e. The van der Waals surface area contributed by atoms with Crippen LogP contribution in [0.3, 0.4) is 0 Å². The first-order valence-corrected chi connectivity index (χ1v) is 16.8. The number of carbonyl (C=O) groups excluding carboxylic acids is 1. The van der Waals surface area contributed by atoms with E-state index >= 15 is 0 Å². The van der Waals surface area contributed by atoms with Crippen molar-refractivity contribution in [3.8, 4) is 11.1 Å². The summed E-state index contributed by atoms with van der Waals surface area (Å²) < 4.78 is 17.7. The molecule has 0 bridgehead atoms. The first kappa shape index (κ1) is 30.3. The van der Waals surface area contributed by atoms with Crippen LogP contribution in [0, 0.1) is 5.82 Å². The summed E-state index contributed by atoms with van der Waals surface area (Å²) in [6.45, 7) is 3.81. The van der Waals surface area contributed by atoms with E-state index in [1.54, 1.807) is 41.9 Å². The van der Waals surface area contributed by atoms with Gasteiger partial charge in [0.25, 0.3) is 0 Å². The molecule has 2 aromatic carbocycles. The van der Waals surface area contributed by atoms with E-state index in [2.05, 4.69) is 32.8 Å². The lowest BCUT2D eigenvalue weighted by Crippen LogP contribution is -2.26. The highest BCUT2D eigenvalue weighted by Crippen LogP contribution is 2.43. The predicted octanol–water partition coefficient (Wildman–Crippen LogP) is 7.22. The minimum atomic E-state index is -0.288. The van der Waals surface area contributed by atoms with Crippen molar-refractivity contribution in [3.05, 3.63) is 114 Å². The standard InChI is InChI=1S/C36H37FN6O2S/c1-40(2)36(44)43-23-31(29-13-10-26(21-32(29)43)25-8-11-28(37)12-9-25)34(39-45-20-6-18-41-16-3-4-17-41)30-14-19-42-33(30)24-46-35(42)27-7-5-15-38-22-27/h5,7-15,19,21-23,35H,3-4,6,16-18,20,24H2,1-2H3/b39-34+/t35-/m1/s1. The first-order chi connectivity index (χ1) is 22.5. The minimum Gasteiger partial charge on any atom is -0.395 e. The number of rotatable bonds is 9. The van der Waals surface area contributed by atoms with Crippen molar-refractivity contribution in [2.45, 2.75) is 30.4 Å². The Morgan fingerprint density at radius 1 is 1.07 bits per heavy atom. The summed E-state index contributed by atoms with van der Waals surface area (Å²) in [6, 6.07) is 18.4. The number of nitrogens with zero attached hydrogens (tertiary/aromatic N) is 6. The van der Waals surface area contributed by atoms with Gasteiger partial charge in [0.15, 0.2) is 0 Å². The molecule has 0 N–H and O–H groups in total. The average molecular weight is 637 g/mol. The SMILES string of the molecule is CN(C)C(=O)n1cc(/C(=N/OCCCN2CCCC2)c2ccn3c2CS[C@@H]3c2cccnc2)c2ccc(-c3ccc(F)cc3)cc21. The molecule has 2 aliphatic rings. The number of carbonyl (C=O) groups is 1. The Kier molecular flexibility index (Phi) is 8.64. The molecule has 10 heteroatoms. The van der Waals surface area contributed by atoms with E-state index in [4.69, 9.17) is 9.99 Å². The monoisotopic (exact) mass is 636 g/mol. The van der Waals surface area contributed by atoms with Gasteiger partial charge in [0.2, 0.25) is 0 Å². The number of aromatic nitrogens is 3. The molecule has 1 atom stereocenters. The zero-order chi connectivity index (χ0) is 31.6. The molecule has 7 rings (SSSR count). The van der Waals surface area contributed by atoms with Crippen molar-refractivity contribution in [2.75, 3.05) is 40.3 Å². The van der Waals surface area contributed by atoms with E-state index in [0.717, 1.165) is 76.2 Å². The van der Waals surface area contributed by atoms with Crippen LogP contribution in [0.25, 0.3) is 22.0 Å². The number of fused-ring (bicyclic) bond motifs is 2. The molecule has 236 valence electrons. The van der Waals surface area contributed by atoms with Gasteiger partial charge in [0, 0.05) is 79.0 Å². The maximum atomic E-state index is 13.7. The van der Waals surface area contributed by atoms with E-state index in [-0.39, 0.29) is 17.2 Å². The molecule has 1 saturated heterocycles. The van der Waals surface area contributed by atoms with Crippen molar-refractivity contribution in [1.82, 2.24) is 23.9 Å². The first-order valence-electron chi connectivity index (χ1n) is 15.7. The molecule has 1 amide bonds. The summed E-state index contributed by atoms with van der Waals surface area (Å²) in [4.78, 5) is 28.0. The van der Waals surface area contributed by atoms with Crippen molar-refractivity contribution >= 4 is 34.4 Å². The molecule has 0 spiro atoms. The Morgan fingerprint density at radius 2 is 1.87 bits per heavy atom. The Hall–Kier alpha value is -4.41. The molecular weight excluding hydrogens is 600 g/mol. The number of likely N-dealkylation sites (tertiary alicyclic amines) is 1. The van der Waals surface area contributed by atoms with Crippen molar-refractivity contribution < 1.29 is 14.0 Å². The van der Waals surface area contributed by atoms with Crippen LogP contribution in [0.15, 0.2) is 90.6 Å². The summed E-state index contributed by atoms with van der Waals surface area (Å²) >= 11 is 1.85. The number of hydrogen-bond acceptors (Lipinski definition) is 6. The fourth-order valence-electron chi connectivity index (χ4n) is 6.41. The van der Waals surface area contributed by atoms with Crippen LogP contribution in [0.2, 0.25) is 0 Å². The fourth-order valence-corrected chi connectivity index (χ4v) is 7.72. The molecule has 0 unspecified atom stereocenters. The summed E-state index contributed by atoms with van der Waals surface area (Å²) in [5.74, 6) is 0.517.